The molecule has 1 aliphatic carbocycles. The minimum absolute atomic E-state index is 0.157. The van der Waals surface area contributed by atoms with Crippen molar-refractivity contribution >= 4 is 5.91 Å². The predicted molar refractivity (Wildman–Crippen MR) is 58.2 cm³/mol. The highest BCUT2D eigenvalue weighted by Gasteiger charge is 2.32. The van der Waals surface area contributed by atoms with Crippen LogP contribution in [0.1, 0.15) is 39.5 Å². The monoisotopic (exact) mass is 198 g/mol. The van der Waals surface area contributed by atoms with Gasteiger partial charge in [-0.1, -0.05) is 12.8 Å². The van der Waals surface area contributed by atoms with E-state index in [0.717, 1.165) is 0 Å². The van der Waals surface area contributed by atoms with E-state index in [1.807, 2.05) is 13.8 Å². The molecule has 3 nitrogen and oxygen atoms in total. The van der Waals surface area contributed by atoms with Gasteiger partial charge in [0.1, 0.15) is 0 Å². The van der Waals surface area contributed by atoms with Crippen LogP contribution in [0, 0.1) is 0 Å². The second kappa shape index (κ2) is 4.30. The van der Waals surface area contributed by atoms with E-state index in [4.69, 9.17) is 0 Å². The van der Waals surface area contributed by atoms with Gasteiger partial charge in [0.2, 0.25) is 5.91 Å². The lowest BCUT2D eigenvalue weighted by Gasteiger charge is -2.31. The molecular formula is C11H22N2O. The van der Waals surface area contributed by atoms with E-state index in [9.17, 15) is 4.79 Å². The largest absolute Gasteiger partial charge is 0.347 e. The van der Waals surface area contributed by atoms with Gasteiger partial charge in [0.25, 0.3) is 0 Å². The SMILES string of the molecule is CN(C)C(=O)C(C)(C)NC1CCCC1. The number of carbonyl (C=O) groups excluding carboxylic acids is 1. The summed E-state index contributed by atoms with van der Waals surface area (Å²) in [6.07, 6.45) is 5.02. The molecule has 0 spiro atoms. The van der Waals surface area contributed by atoms with Crippen LogP contribution in [0.4, 0.5) is 0 Å². The van der Waals surface area contributed by atoms with E-state index in [1.165, 1.54) is 25.7 Å². The normalized spacial score (nSPS) is 18.6. The lowest BCUT2D eigenvalue weighted by atomic mass is 10.0. The van der Waals surface area contributed by atoms with Gasteiger partial charge in [0, 0.05) is 20.1 Å². The molecule has 0 aromatic rings. The van der Waals surface area contributed by atoms with Crippen LogP contribution in [0.2, 0.25) is 0 Å². The molecule has 0 aromatic carbocycles. The third-order valence-corrected chi connectivity index (χ3v) is 2.86. The molecule has 3 heteroatoms. The van der Waals surface area contributed by atoms with Crippen LogP contribution in [-0.4, -0.2) is 36.5 Å². The van der Waals surface area contributed by atoms with Crippen molar-refractivity contribution in [3.8, 4) is 0 Å². The number of rotatable bonds is 3. The van der Waals surface area contributed by atoms with E-state index in [1.54, 1.807) is 19.0 Å². The van der Waals surface area contributed by atoms with Crippen LogP contribution in [0.5, 0.6) is 0 Å². The quantitative estimate of drug-likeness (QED) is 0.743. The minimum atomic E-state index is -0.418. The van der Waals surface area contributed by atoms with Crippen molar-refractivity contribution in [2.24, 2.45) is 0 Å². The molecule has 14 heavy (non-hydrogen) atoms. The number of likely N-dealkylation sites (N-methyl/N-ethyl adjacent to an activating group) is 1. The number of hydrogen-bond acceptors (Lipinski definition) is 2. The molecule has 0 unspecified atom stereocenters. The molecule has 0 aromatic heterocycles. The van der Waals surface area contributed by atoms with Gasteiger partial charge < -0.3 is 10.2 Å². The summed E-state index contributed by atoms with van der Waals surface area (Å²) in [4.78, 5) is 13.5. The number of nitrogens with zero attached hydrogens (tertiary/aromatic N) is 1. The summed E-state index contributed by atoms with van der Waals surface area (Å²) in [5.74, 6) is 0.157. The first-order chi connectivity index (χ1) is 6.43. The Hall–Kier alpha value is -0.570. The highest BCUT2D eigenvalue weighted by molar-refractivity contribution is 5.85. The van der Waals surface area contributed by atoms with E-state index in [-0.39, 0.29) is 5.91 Å². The standard InChI is InChI=1S/C11H22N2O/c1-11(2,10(14)13(3)4)12-9-7-5-6-8-9/h9,12H,5-8H2,1-4H3. The van der Waals surface area contributed by atoms with Crippen LogP contribution in [0.3, 0.4) is 0 Å². The van der Waals surface area contributed by atoms with Gasteiger partial charge in [-0.05, 0) is 26.7 Å². The van der Waals surface area contributed by atoms with Crippen molar-refractivity contribution in [2.45, 2.75) is 51.1 Å². The average Bonchev–Trinajstić information content (AvgIpc) is 2.54. The lowest BCUT2D eigenvalue weighted by Crippen LogP contribution is -2.55. The highest BCUT2D eigenvalue weighted by Crippen LogP contribution is 2.20. The van der Waals surface area contributed by atoms with Crippen molar-refractivity contribution in [3.05, 3.63) is 0 Å². The summed E-state index contributed by atoms with van der Waals surface area (Å²) in [7, 11) is 3.61. The van der Waals surface area contributed by atoms with Crippen LogP contribution >= 0.6 is 0 Å². The Morgan fingerprint density at radius 3 is 2.21 bits per heavy atom. The number of amides is 1. The van der Waals surface area contributed by atoms with Crippen molar-refractivity contribution in [3.63, 3.8) is 0 Å². The summed E-state index contributed by atoms with van der Waals surface area (Å²) in [5, 5.41) is 3.45. The Morgan fingerprint density at radius 1 is 1.29 bits per heavy atom. The molecule has 1 N–H and O–H groups in total. The second-order valence-electron chi connectivity index (χ2n) is 4.95. The maximum absolute atomic E-state index is 11.8. The summed E-state index contributed by atoms with van der Waals surface area (Å²) in [6.45, 7) is 3.93. The molecule has 0 heterocycles. The van der Waals surface area contributed by atoms with Gasteiger partial charge in [-0.25, -0.2) is 0 Å². The maximum Gasteiger partial charge on any atom is 0.241 e. The summed E-state index contributed by atoms with van der Waals surface area (Å²) < 4.78 is 0. The van der Waals surface area contributed by atoms with Crippen molar-refractivity contribution in [1.29, 1.82) is 0 Å². The van der Waals surface area contributed by atoms with Gasteiger partial charge in [-0.3, -0.25) is 4.79 Å². The van der Waals surface area contributed by atoms with Crippen molar-refractivity contribution in [2.75, 3.05) is 14.1 Å². The number of carbonyl (C=O) groups is 1. The molecule has 1 saturated carbocycles. The Kier molecular flexibility index (Phi) is 3.53. The number of nitrogens with one attached hydrogen (secondary N) is 1. The zero-order valence-corrected chi connectivity index (χ0v) is 9.76. The molecule has 0 bridgehead atoms. The van der Waals surface area contributed by atoms with Crippen LogP contribution < -0.4 is 5.32 Å². The highest BCUT2D eigenvalue weighted by atomic mass is 16.2. The second-order valence-corrected chi connectivity index (χ2v) is 4.95. The molecule has 82 valence electrons. The van der Waals surface area contributed by atoms with E-state index < -0.39 is 5.54 Å². The Balaban J connectivity index is 2.51. The van der Waals surface area contributed by atoms with Gasteiger partial charge in [-0.15, -0.1) is 0 Å². The molecule has 0 atom stereocenters. The first-order valence-corrected chi connectivity index (χ1v) is 5.43. The van der Waals surface area contributed by atoms with Crippen LogP contribution in [-0.2, 0) is 4.79 Å². The fourth-order valence-electron chi connectivity index (χ4n) is 2.20. The van der Waals surface area contributed by atoms with Crippen molar-refractivity contribution in [1.82, 2.24) is 10.2 Å². The van der Waals surface area contributed by atoms with Gasteiger partial charge in [0.15, 0.2) is 0 Å². The van der Waals surface area contributed by atoms with E-state index >= 15 is 0 Å². The minimum Gasteiger partial charge on any atom is -0.347 e. The third-order valence-electron chi connectivity index (χ3n) is 2.86. The molecule has 1 fully saturated rings. The van der Waals surface area contributed by atoms with Gasteiger partial charge >= 0.3 is 0 Å². The smallest absolute Gasteiger partial charge is 0.241 e. The fourth-order valence-corrected chi connectivity index (χ4v) is 2.20. The van der Waals surface area contributed by atoms with Crippen LogP contribution in [0.15, 0.2) is 0 Å². The fraction of sp³-hybridized carbons (Fsp3) is 0.909. The third kappa shape index (κ3) is 2.71. The molecule has 0 aliphatic heterocycles. The lowest BCUT2D eigenvalue weighted by molar-refractivity contribution is -0.134. The zero-order valence-electron chi connectivity index (χ0n) is 9.76. The molecule has 1 aliphatic rings. The molecule has 0 saturated heterocycles. The van der Waals surface area contributed by atoms with Gasteiger partial charge in [-0.2, -0.15) is 0 Å². The predicted octanol–water partition coefficient (Wildman–Crippen LogP) is 1.39. The Morgan fingerprint density at radius 2 is 1.79 bits per heavy atom. The molecule has 0 radical (unpaired) electrons. The maximum atomic E-state index is 11.8. The van der Waals surface area contributed by atoms with Crippen molar-refractivity contribution < 1.29 is 4.79 Å². The number of hydrogen-bond donors (Lipinski definition) is 1. The zero-order chi connectivity index (χ0) is 10.8. The summed E-state index contributed by atoms with van der Waals surface area (Å²) in [6, 6.07) is 0.536. The Labute approximate surface area is 86.9 Å². The first-order valence-electron chi connectivity index (χ1n) is 5.43. The van der Waals surface area contributed by atoms with Crippen LogP contribution in [0.25, 0.3) is 0 Å². The van der Waals surface area contributed by atoms with E-state index in [0.29, 0.717) is 6.04 Å². The Bertz CT molecular complexity index is 205. The molecule has 1 amide bonds. The van der Waals surface area contributed by atoms with Gasteiger partial charge in [0.05, 0.1) is 5.54 Å². The van der Waals surface area contributed by atoms with E-state index in [2.05, 4.69) is 5.32 Å². The summed E-state index contributed by atoms with van der Waals surface area (Å²) >= 11 is 0. The molecule has 1 rings (SSSR count). The first kappa shape index (κ1) is 11.5. The molecular weight excluding hydrogens is 176 g/mol. The summed E-state index contributed by atoms with van der Waals surface area (Å²) in [5.41, 5.74) is -0.418. The average molecular weight is 198 g/mol. The topological polar surface area (TPSA) is 32.3 Å².